The highest BCUT2D eigenvalue weighted by Gasteiger charge is 2.27. The van der Waals surface area contributed by atoms with Crippen LogP contribution in [-0.4, -0.2) is 31.3 Å². The summed E-state index contributed by atoms with van der Waals surface area (Å²) in [4.78, 5) is 2.30. The third-order valence-electron chi connectivity index (χ3n) is 4.11. The van der Waals surface area contributed by atoms with Gasteiger partial charge in [-0.3, -0.25) is 0 Å². The molecular formula is C16H26N2O. The van der Waals surface area contributed by atoms with Crippen LogP contribution in [0.5, 0.6) is 5.75 Å². The van der Waals surface area contributed by atoms with Crippen molar-refractivity contribution < 1.29 is 5.11 Å². The van der Waals surface area contributed by atoms with Crippen molar-refractivity contribution in [3.05, 3.63) is 24.3 Å². The van der Waals surface area contributed by atoms with Crippen molar-refractivity contribution in [2.45, 2.75) is 38.6 Å². The second kappa shape index (κ2) is 6.80. The third kappa shape index (κ3) is 3.87. The van der Waals surface area contributed by atoms with Crippen molar-refractivity contribution in [1.29, 1.82) is 0 Å². The number of anilines is 1. The molecule has 0 heterocycles. The number of phenolic OH excluding ortho intramolecular Hbond substituents is 1. The molecule has 2 unspecified atom stereocenters. The van der Waals surface area contributed by atoms with E-state index in [2.05, 4.69) is 24.2 Å². The van der Waals surface area contributed by atoms with Gasteiger partial charge >= 0.3 is 0 Å². The molecule has 0 amide bonds. The first-order valence-corrected chi connectivity index (χ1v) is 7.44. The monoisotopic (exact) mass is 262 g/mol. The summed E-state index contributed by atoms with van der Waals surface area (Å²) < 4.78 is 0. The fraction of sp³-hybridized carbons (Fsp3) is 0.625. The number of hydrogen-bond acceptors (Lipinski definition) is 3. The van der Waals surface area contributed by atoms with Crippen LogP contribution in [0.3, 0.4) is 0 Å². The molecule has 1 aliphatic rings. The van der Waals surface area contributed by atoms with E-state index in [1.54, 1.807) is 12.1 Å². The van der Waals surface area contributed by atoms with E-state index >= 15 is 0 Å². The Morgan fingerprint density at radius 3 is 2.68 bits per heavy atom. The number of rotatable bonds is 6. The van der Waals surface area contributed by atoms with Crippen molar-refractivity contribution in [3.63, 3.8) is 0 Å². The minimum atomic E-state index is 0.334. The molecule has 1 fully saturated rings. The predicted molar refractivity (Wildman–Crippen MR) is 80.8 cm³/mol. The molecule has 0 spiro atoms. The topological polar surface area (TPSA) is 35.5 Å². The second-order valence-electron chi connectivity index (χ2n) is 5.65. The van der Waals surface area contributed by atoms with Crippen LogP contribution >= 0.6 is 0 Å². The molecule has 2 rings (SSSR count). The highest BCUT2D eigenvalue weighted by atomic mass is 16.3. The first-order valence-electron chi connectivity index (χ1n) is 7.44. The SMILES string of the molecule is CCCNC1CCCC1CN(C)c1ccc(O)cc1. The minimum absolute atomic E-state index is 0.334. The molecule has 106 valence electrons. The Kier molecular flexibility index (Phi) is 5.08. The lowest BCUT2D eigenvalue weighted by Gasteiger charge is -2.27. The normalized spacial score (nSPS) is 22.6. The molecule has 0 radical (unpaired) electrons. The number of phenols is 1. The van der Waals surface area contributed by atoms with E-state index in [-0.39, 0.29) is 0 Å². The molecule has 1 aliphatic carbocycles. The van der Waals surface area contributed by atoms with Gasteiger partial charge in [0.2, 0.25) is 0 Å². The summed E-state index contributed by atoms with van der Waals surface area (Å²) in [5.74, 6) is 1.07. The van der Waals surface area contributed by atoms with E-state index < -0.39 is 0 Å². The lowest BCUT2D eigenvalue weighted by Crippen LogP contribution is -2.38. The van der Waals surface area contributed by atoms with Gasteiger partial charge < -0.3 is 15.3 Å². The fourth-order valence-electron chi connectivity index (χ4n) is 3.02. The number of hydrogen-bond donors (Lipinski definition) is 2. The molecule has 0 aliphatic heterocycles. The summed E-state index contributed by atoms with van der Waals surface area (Å²) in [6.07, 6.45) is 5.18. The Morgan fingerprint density at radius 1 is 1.26 bits per heavy atom. The van der Waals surface area contributed by atoms with Crippen molar-refractivity contribution in [3.8, 4) is 5.75 Å². The molecule has 0 saturated heterocycles. The summed E-state index contributed by atoms with van der Waals surface area (Å²) in [7, 11) is 2.14. The van der Waals surface area contributed by atoms with E-state index in [1.165, 1.54) is 31.4 Å². The first-order chi connectivity index (χ1) is 9.20. The third-order valence-corrected chi connectivity index (χ3v) is 4.11. The highest BCUT2D eigenvalue weighted by molar-refractivity contribution is 5.48. The van der Waals surface area contributed by atoms with Crippen LogP contribution in [0.25, 0.3) is 0 Å². The lowest BCUT2D eigenvalue weighted by atomic mass is 10.0. The number of nitrogens with zero attached hydrogens (tertiary/aromatic N) is 1. The zero-order valence-electron chi connectivity index (χ0n) is 12.1. The maximum atomic E-state index is 9.33. The lowest BCUT2D eigenvalue weighted by molar-refractivity contribution is 0.403. The Hall–Kier alpha value is -1.22. The Bertz CT molecular complexity index is 377. The van der Waals surface area contributed by atoms with Crippen LogP contribution in [0.2, 0.25) is 0 Å². The van der Waals surface area contributed by atoms with E-state index in [0.717, 1.165) is 19.0 Å². The van der Waals surface area contributed by atoms with Gasteiger partial charge in [0.25, 0.3) is 0 Å². The largest absolute Gasteiger partial charge is 0.508 e. The van der Waals surface area contributed by atoms with Crippen molar-refractivity contribution in [1.82, 2.24) is 5.32 Å². The zero-order chi connectivity index (χ0) is 13.7. The molecule has 2 atom stereocenters. The van der Waals surface area contributed by atoms with E-state index in [9.17, 15) is 5.11 Å². The van der Waals surface area contributed by atoms with Gasteiger partial charge in [-0.05, 0) is 56.0 Å². The number of aromatic hydroxyl groups is 1. The Labute approximate surface area is 116 Å². The van der Waals surface area contributed by atoms with Gasteiger partial charge in [-0.15, -0.1) is 0 Å². The van der Waals surface area contributed by atoms with Crippen LogP contribution in [0.1, 0.15) is 32.6 Å². The maximum absolute atomic E-state index is 9.33. The van der Waals surface area contributed by atoms with Crippen molar-refractivity contribution in [2.75, 3.05) is 25.0 Å². The van der Waals surface area contributed by atoms with Gasteiger partial charge in [-0.25, -0.2) is 0 Å². The summed E-state index contributed by atoms with van der Waals surface area (Å²) in [6.45, 7) is 4.44. The van der Waals surface area contributed by atoms with Crippen molar-refractivity contribution >= 4 is 5.69 Å². The zero-order valence-corrected chi connectivity index (χ0v) is 12.1. The summed E-state index contributed by atoms with van der Waals surface area (Å²) in [6, 6.07) is 8.16. The molecule has 3 nitrogen and oxygen atoms in total. The van der Waals surface area contributed by atoms with Crippen LogP contribution in [0.4, 0.5) is 5.69 Å². The van der Waals surface area contributed by atoms with Crippen LogP contribution < -0.4 is 10.2 Å². The molecule has 0 bridgehead atoms. The molecule has 0 aromatic heterocycles. The van der Waals surface area contributed by atoms with Crippen LogP contribution in [0.15, 0.2) is 24.3 Å². The van der Waals surface area contributed by atoms with E-state index in [4.69, 9.17) is 0 Å². The Balaban J connectivity index is 1.90. The minimum Gasteiger partial charge on any atom is -0.508 e. The van der Waals surface area contributed by atoms with E-state index in [0.29, 0.717) is 11.8 Å². The molecule has 3 heteroatoms. The number of nitrogens with one attached hydrogen (secondary N) is 1. The van der Waals surface area contributed by atoms with Gasteiger partial charge in [-0.2, -0.15) is 0 Å². The Morgan fingerprint density at radius 2 is 2.00 bits per heavy atom. The molecule has 1 saturated carbocycles. The molecule has 2 N–H and O–H groups in total. The average molecular weight is 262 g/mol. The smallest absolute Gasteiger partial charge is 0.115 e. The average Bonchev–Trinajstić information content (AvgIpc) is 2.84. The molecule has 1 aromatic rings. The van der Waals surface area contributed by atoms with Gasteiger partial charge in [-0.1, -0.05) is 13.3 Å². The summed E-state index contributed by atoms with van der Waals surface area (Å²) in [5.41, 5.74) is 1.18. The van der Waals surface area contributed by atoms with Gasteiger partial charge in [0.05, 0.1) is 0 Å². The fourth-order valence-corrected chi connectivity index (χ4v) is 3.02. The maximum Gasteiger partial charge on any atom is 0.115 e. The first kappa shape index (κ1) is 14.2. The van der Waals surface area contributed by atoms with Gasteiger partial charge in [0, 0.05) is 25.3 Å². The molecule has 19 heavy (non-hydrogen) atoms. The van der Waals surface area contributed by atoms with Gasteiger partial charge in [0.1, 0.15) is 5.75 Å². The summed E-state index contributed by atoms with van der Waals surface area (Å²) >= 11 is 0. The summed E-state index contributed by atoms with van der Waals surface area (Å²) in [5, 5.41) is 13.0. The standard InChI is InChI=1S/C16H26N2O/c1-3-11-17-16-6-4-5-13(16)12-18(2)14-7-9-15(19)10-8-14/h7-10,13,16-17,19H,3-6,11-12H2,1-2H3. The van der Waals surface area contributed by atoms with Crippen molar-refractivity contribution in [2.24, 2.45) is 5.92 Å². The molecule has 1 aromatic carbocycles. The highest BCUT2D eigenvalue weighted by Crippen LogP contribution is 2.28. The van der Waals surface area contributed by atoms with E-state index in [1.807, 2.05) is 12.1 Å². The predicted octanol–water partition coefficient (Wildman–Crippen LogP) is 3.00. The molecular weight excluding hydrogens is 236 g/mol. The quantitative estimate of drug-likeness (QED) is 0.827. The number of benzene rings is 1. The van der Waals surface area contributed by atoms with Gasteiger partial charge in [0.15, 0.2) is 0 Å². The van der Waals surface area contributed by atoms with Crippen LogP contribution in [0, 0.1) is 5.92 Å². The van der Waals surface area contributed by atoms with Crippen LogP contribution in [-0.2, 0) is 0 Å². The second-order valence-corrected chi connectivity index (χ2v) is 5.65.